The standard InChI is InChI=1S/C11H11F4NO2/c12-8(5-10(17)18)6-16-9-3-1-7(2-4-9)11(13,14)15/h1-4,8,16H,5-6H2,(H,17,18). The molecule has 0 aliphatic rings. The SMILES string of the molecule is O=C(O)CC(F)CNc1ccc(C(F)(F)F)cc1. The number of alkyl halides is 4. The smallest absolute Gasteiger partial charge is 0.416 e. The van der Waals surface area contributed by atoms with Gasteiger partial charge in [0.2, 0.25) is 0 Å². The number of benzene rings is 1. The zero-order valence-electron chi connectivity index (χ0n) is 9.17. The van der Waals surface area contributed by atoms with Crippen molar-refractivity contribution in [2.75, 3.05) is 11.9 Å². The third-order valence-electron chi connectivity index (χ3n) is 2.14. The van der Waals surface area contributed by atoms with E-state index in [0.29, 0.717) is 5.69 Å². The van der Waals surface area contributed by atoms with Crippen LogP contribution in [0.5, 0.6) is 0 Å². The molecule has 0 spiro atoms. The molecule has 0 amide bonds. The van der Waals surface area contributed by atoms with Gasteiger partial charge in [0.05, 0.1) is 12.0 Å². The van der Waals surface area contributed by atoms with Crippen molar-refractivity contribution in [3.05, 3.63) is 29.8 Å². The summed E-state index contributed by atoms with van der Waals surface area (Å²) in [4.78, 5) is 10.2. The highest BCUT2D eigenvalue weighted by molar-refractivity contribution is 5.67. The summed E-state index contributed by atoms with van der Waals surface area (Å²) in [5.74, 6) is -1.27. The number of carboxylic acid groups (broad SMARTS) is 1. The highest BCUT2D eigenvalue weighted by Gasteiger charge is 2.29. The van der Waals surface area contributed by atoms with E-state index >= 15 is 0 Å². The molecule has 0 fully saturated rings. The monoisotopic (exact) mass is 265 g/mol. The molecule has 0 aliphatic carbocycles. The van der Waals surface area contributed by atoms with E-state index in [0.717, 1.165) is 24.3 Å². The molecule has 0 heterocycles. The molecule has 1 aromatic rings. The summed E-state index contributed by atoms with van der Waals surface area (Å²) in [6.07, 6.45) is -6.65. The first-order valence-electron chi connectivity index (χ1n) is 5.06. The lowest BCUT2D eigenvalue weighted by atomic mass is 10.2. The number of aliphatic carboxylic acids is 1. The van der Waals surface area contributed by atoms with Crippen molar-refractivity contribution in [3.63, 3.8) is 0 Å². The van der Waals surface area contributed by atoms with Crippen molar-refractivity contribution < 1.29 is 27.5 Å². The van der Waals surface area contributed by atoms with Crippen molar-refractivity contribution in [3.8, 4) is 0 Å². The molecule has 1 aromatic carbocycles. The van der Waals surface area contributed by atoms with Gasteiger partial charge in [0.15, 0.2) is 0 Å². The second-order valence-electron chi connectivity index (χ2n) is 3.65. The van der Waals surface area contributed by atoms with E-state index in [4.69, 9.17) is 5.11 Å². The quantitative estimate of drug-likeness (QED) is 0.805. The van der Waals surface area contributed by atoms with Gasteiger partial charge in [-0.1, -0.05) is 0 Å². The molecule has 0 bridgehead atoms. The summed E-state index contributed by atoms with van der Waals surface area (Å²) in [5.41, 5.74) is -0.494. The molecule has 0 aromatic heterocycles. The fourth-order valence-electron chi connectivity index (χ4n) is 1.27. The molecular formula is C11H11F4NO2. The van der Waals surface area contributed by atoms with Crippen molar-refractivity contribution in [2.45, 2.75) is 18.8 Å². The minimum absolute atomic E-state index is 0.266. The van der Waals surface area contributed by atoms with Crippen LogP contribution < -0.4 is 5.32 Å². The molecular weight excluding hydrogens is 254 g/mol. The van der Waals surface area contributed by atoms with Crippen LogP contribution in [-0.2, 0) is 11.0 Å². The fraction of sp³-hybridized carbons (Fsp3) is 0.364. The van der Waals surface area contributed by atoms with Crippen molar-refractivity contribution in [1.29, 1.82) is 0 Å². The molecule has 0 aliphatic heterocycles. The second kappa shape index (κ2) is 5.70. The molecule has 18 heavy (non-hydrogen) atoms. The van der Waals surface area contributed by atoms with Gasteiger partial charge in [-0.05, 0) is 24.3 Å². The lowest BCUT2D eigenvalue weighted by Crippen LogP contribution is -2.18. The maximum Gasteiger partial charge on any atom is 0.416 e. The Bertz CT molecular complexity index is 402. The lowest BCUT2D eigenvalue weighted by molar-refractivity contribution is -0.138. The van der Waals surface area contributed by atoms with Crippen LogP contribution in [0, 0.1) is 0 Å². The second-order valence-corrected chi connectivity index (χ2v) is 3.65. The average Bonchev–Trinajstić information content (AvgIpc) is 2.25. The van der Waals surface area contributed by atoms with Gasteiger partial charge in [0.25, 0.3) is 0 Å². The molecule has 1 atom stereocenters. The number of halogens is 4. The normalized spacial score (nSPS) is 13.1. The van der Waals surface area contributed by atoms with Gasteiger partial charge < -0.3 is 10.4 Å². The Morgan fingerprint density at radius 1 is 1.28 bits per heavy atom. The number of carbonyl (C=O) groups is 1. The fourth-order valence-corrected chi connectivity index (χ4v) is 1.27. The van der Waals surface area contributed by atoms with Gasteiger partial charge in [-0.15, -0.1) is 0 Å². The zero-order chi connectivity index (χ0) is 13.8. The van der Waals surface area contributed by atoms with Gasteiger partial charge in [-0.2, -0.15) is 13.2 Å². The molecule has 0 saturated carbocycles. The van der Waals surface area contributed by atoms with Gasteiger partial charge >= 0.3 is 12.1 Å². The van der Waals surface area contributed by atoms with Crippen LogP contribution in [0.15, 0.2) is 24.3 Å². The molecule has 3 nitrogen and oxygen atoms in total. The Morgan fingerprint density at radius 3 is 2.28 bits per heavy atom. The third kappa shape index (κ3) is 4.60. The van der Waals surface area contributed by atoms with E-state index in [1.54, 1.807) is 0 Å². The molecule has 0 radical (unpaired) electrons. The first-order valence-corrected chi connectivity index (χ1v) is 5.06. The Hall–Kier alpha value is -1.79. The van der Waals surface area contributed by atoms with Gasteiger partial charge in [0, 0.05) is 12.2 Å². The predicted octanol–water partition coefficient (Wildman–Crippen LogP) is 2.93. The number of hydrogen-bond acceptors (Lipinski definition) is 2. The predicted molar refractivity (Wildman–Crippen MR) is 57.1 cm³/mol. The number of carboxylic acids is 1. The van der Waals surface area contributed by atoms with E-state index in [-0.39, 0.29) is 6.54 Å². The van der Waals surface area contributed by atoms with Crippen LogP contribution >= 0.6 is 0 Å². The number of nitrogens with one attached hydrogen (secondary N) is 1. The zero-order valence-corrected chi connectivity index (χ0v) is 9.17. The average molecular weight is 265 g/mol. The maximum absolute atomic E-state index is 13.0. The van der Waals surface area contributed by atoms with E-state index in [2.05, 4.69) is 5.32 Å². The topological polar surface area (TPSA) is 49.3 Å². The van der Waals surface area contributed by atoms with Crippen molar-refractivity contribution in [1.82, 2.24) is 0 Å². The third-order valence-corrected chi connectivity index (χ3v) is 2.14. The molecule has 7 heteroatoms. The Labute approximate surface area is 100 Å². The van der Waals surface area contributed by atoms with Crippen molar-refractivity contribution >= 4 is 11.7 Å². The van der Waals surface area contributed by atoms with Crippen LogP contribution in [0.25, 0.3) is 0 Å². The summed E-state index contributed by atoms with van der Waals surface area (Å²) in [6.45, 7) is -0.266. The van der Waals surface area contributed by atoms with Crippen LogP contribution in [0.3, 0.4) is 0 Å². The summed E-state index contributed by atoms with van der Waals surface area (Å²) < 4.78 is 49.7. The van der Waals surface area contributed by atoms with Crippen LogP contribution in [-0.4, -0.2) is 23.8 Å². The minimum Gasteiger partial charge on any atom is -0.481 e. The Balaban J connectivity index is 2.52. The Kier molecular flexibility index (Phi) is 4.52. The largest absolute Gasteiger partial charge is 0.481 e. The van der Waals surface area contributed by atoms with Crippen LogP contribution in [0.4, 0.5) is 23.2 Å². The maximum atomic E-state index is 13.0. The van der Waals surface area contributed by atoms with Crippen molar-refractivity contribution in [2.24, 2.45) is 0 Å². The van der Waals surface area contributed by atoms with E-state index < -0.39 is 30.3 Å². The number of rotatable bonds is 5. The summed E-state index contributed by atoms with van der Waals surface area (Å²) in [6, 6.07) is 4.06. The number of anilines is 1. The summed E-state index contributed by atoms with van der Waals surface area (Å²) in [5, 5.41) is 10.8. The Morgan fingerprint density at radius 2 is 1.83 bits per heavy atom. The van der Waals surface area contributed by atoms with Gasteiger partial charge in [-0.25, -0.2) is 4.39 Å². The minimum atomic E-state index is -4.41. The summed E-state index contributed by atoms with van der Waals surface area (Å²) >= 11 is 0. The van der Waals surface area contributed by atoms with Gasteiger partial charge in [-0.3, -0.25) is 4.79 Å². The summed E-state index contributed by atoms with van der Waals surface area (Å²) in [7, 11) is 0. The molecule has 1 rings (SSSR count). The van der Waals surface area contributed by atoms with Crippen LogP contribution in [0.2, 0.25) is 0 Å². The molecule has 2 N–H and O–H groups in total. The van der Waals surface area contributed by atoms with E-state index in [1.165, 1.54) is 0 Å². The number of hydrogen-bond donors (Lipinski definition) is 2. The van der Waals surface area contributed by atoms with Crippen LogP contribution in [0.1, 0.15) is 12.0 Å². The highest BCUT2D eigenvalue weighted by Crippen LogP contribution is 2.29. The van der Waals surface area contributed by atoms with Gasteiger partial charge in [0.1, 0.15) is 6.17 Å². The van der Waals surface area contributed by atoms with E-state index in [9.17, 15) is 22.4 Å². The highest BCUT2D eigenvalue weighted by atomic mass is 19.4. The lowest BCUT2D eigenvalue weighted by Gasteiger charge is -2.11. The first-order chi connectivity index (χ1) is 8.29. The molecule has 0 saturated heterocycles. The molecule has 100 valence electrons. The molecule has 1 unspecified atom stereocenters. The van der Waals surface area contributed by atoms with E-state index in [1.807, 2.05) is 0 Å². The first kappa shape index (κ1) is 14.3.